The Balaban J connectivity index is 2.47. The van der Waals surface area contributed by atoms with Gasteiger partial charge in [0.2, 0.25) is 0 Å². The van der Waals surface area contributed by atoms with Gasteiger partial charge in [0, 0.05) is 13.2 Å². The molecule has 0 saturated carbocycles. The molecule has 0 aliphatic heterocycles. The van der Waals surface area contributed by atoms with Crippen LogP contribution in [0.1, 0.15) is 0 Å². The van der Waals surface area contributed by atoms with Crippen LogP contribution in [-0.2, 0) is 7.05 Å². The van der Waals surface area contributed by atoms with E-state index in [1.54, 1.807) is 18.5 Å². The molecule has 0 atom stereocenters. The third kappa shape index (κ3) is 1.76. The van der Waals surface area contributed by atoms with Crippen LogP contribution in [0.15, 0.2) is 29.5 Å². The third-order valence-electron chi connectivity index (χ3n) is 2.07. The lowest BCUT2D eigenvalue weighted by molar-refractivity contribution is 0.408. The van der Waals surface area contributed by atoms with Gasteiger partial charge in [0.25, 0.3) is 5.56 Å². The number of ether oxygens (including phenoxy) is 1. The molecule has 0 bridgehead atoms. The van der Waals surface area contributed by atoms with Gasteiger partial charge in [-0.3, -0.25) is 4.79 Å². The molecule has 0 amide bonds. The number of hydrogen-bond acceptors (Lipinski definition) is 3. The normalized spacial score (nSPS) is 10.3. The van der Waals surface area contributed by atoms with Crippen molar-refractivity contribution in [2.24, 2.45) is 7.05 Å². The molecule has 0 aromatic carbocycles. The second kappa shape index (κ2) is 3.61. The van der Waals surface area contributed by atoms with Gasteiger partial charge in [-0.05, 0) is 12.1 Å². The first kappa shape index (κ1) is 9.51. The van der Waals surface area contributed by atoms with E-state index < -0.39 is 0 Å². The number of imidazole rings is 1. The standard InChI is InChI=1S/C10H11N3O2/c1-13-5-8(11-6-13)7-3-4-9(15-2)10(14)12-7/h3-6H,1-2H3,(H,12,14). The molecule has 0 spiro atoms. The first-order valence-electron chi connectivity index (χ1n) is 4.46. The summed E-state index contributed by atoms with van der Waals surface area (Å²) in [6, 6.07) is 3.39. The Morgan fingerprint density at radius 3 is 2.80 bits per heavy atom. The maximum Gasteiger partial charge on any atom is 0.290 e. The molecular weight excluding hydrogens is 194 g/mol. The Morgan fingerprint density at radius 1 is 1.47 bits per heavy atom. The SMILES string of the molecule is COc1ccc(-c2cn(C)cn2)[nH]c1=O. The Hall–Kier alpha value is -2.04. The lowest BCUT2D eigenvalue weighted by atomic mass is 10.3. The smallest absolute Gasteiger partial charge is 0.290 e. The number of H-pyrrole nitrogens is 1. The van der Waals surface area contributed by atoms with E-state index in [4.69, 9.17) is 4.74 Å². The molecule has 1 N–H and O–H groups in total. The van der Waals surface area contributed by atoms with Crippen molar-refractivity contribution in [2.45, 2.75) is 0 Å². The summed E-state index contributed by atoms with van der Waals surface area (Å²) in [7, 11) is 3.34. The van der Waals surface area contributed by atoms with E-state index >= 15 is 0 Å². The van der Waals surface area contributed by atoms with Crippen LogP contribution in [0.3, 0.4) is 0 Å². The van der Waals surface area contributed by atoms with Crippen molar-refractivity contribution in [3.63, 3.8) is 0 Å². The molecule has 0 fully saturated rings. The van der Waals surface area contributed by atoms with E-state index in [1.165, 1.54) is 7.11 Å². The van der Waals surface area contributed by atoms with Crippen molar-refractivity contribution < 1.29 is 4.74 Å². The van der Waals surface area contributed by atoms with E-state index in [9.17, 15) is 4.79 Å². The van der Waals surface area contributed by atoms with E-state index in [0.717, 1.165) is 5.69 Å². The van der Waals surface area contributed by atoms with Gasteiger partial charge in [-0.1, -0.05) is 0 Å². The molecule has 0 aliphatic carbocycles. The summed E-state index contributed by atoms with van der Waals surface area (Å²) < 4.78 is 6.69. The monoisotopic (exact) mass is 205 g/mol. The highest BCUT2D eigenvalue weighted by Crippen LogP contribution is 2.13. The number of nitrogens with one attached hydrogen (secondary N) is 1. The number of aromatic amines is 1. The molecule has 5 heteroatoms. The topological polar surface area (TPSA) is 59.9 Å². The second-order valence-electron chi connectivity index (χ2n) is 3.19. The van der Waals surface area contributed by atoms with Gasteiger partial charge < -0.3 is 14.3 Å². The molecular formula is C10H11N3O2. The van der Waals surface area contributed by atoms with Crippen LogP contribution in [0.25, 0.3) is 11.4 Å². The van der Waals surface area contributed by atoms with Crippen molar-refractivity contribution in [2.75, 3.05) is 7.11 Å². The summed E-state index contributed by atoms with van der Waals surface area (Å²) in [5.41, 5.74) is 1.17. The van der Waals surface area contributed by atoms with E-state index in [0.29, 0.717) is 11.4 Å². The van der Waals surface area contributed by atoms with Gasteiger partial charge in [-0.2, -0.15) is 0 Å². The van der Waals surface area contributed by atoms with Crippen molar-refractivity contribution in [3.05, 3.63) is 35.0 Å². The predicted molar refractivity (Wildman–Crippen MR) is 55.8 cm³/mol. The van der Waals surface area contributed by atoms with Crippen LogP contribution < -0.4 is 10.3 Å². The van der Waals surface area contributed by atoms with Gasteiger partial charge >= 0.3 is 0 Å². The number of rotatable bonds is 2. The molecule has 15 heavy (non-hydrogen) atoms. The molecule has 0 unspecified atom stereocenters. The average Bonchev–Trinajstić information content (AvgIpc) is 2.65. The minimum absolute atomic E-state index is 0.249. The zero-order chi connectivity index (χ0) is 10.8. The number of aromatic nitrogens is 3. The fourth-order valence-corrected chi connectivity index (χ4v) is 1.32. The van der Waals surface area contributed by atoms with Crippen LogP contribution in [0.2, 0.25) is 0 Å². The summed E-state index contributed by atoms with van der Waals surface area (Å²) in [6.45, 7) is 0. The first-order chi connectivity index (χ1) is 7.20. The molecule has 5 nitrogen and oxygen atoms in total. The van der Waals surface area contributed by atoms with Crippen LogP contribution in [0, 0.1) is 0 Å². The number of aryl methyl sites for hydroxylation is 1. The quantitative estimate of drug-likeness (QED) is 0.788. The average molecular weight is 205 g/mol. The van der Waals surface area contributed by atoms with Crippen molar-refractivity contribution in [3.8, 4) is 17.1 Å². The lowest BCUT2D eigenvalue weighted by Gasteiger charge is -1.99. The highest BCUT2D eigenvalue weighted by molar-refractivity contribution is 5.53. The van der Waals surface area contributed by atoms with E-state index in [-0.39, 0.29) is 5.56 Å². The largest absolute Gasteiger partial charge is 0.491 e. The Labute approximate surface area is 86.4 Å². The Bertz CT molecular complexity index is 527. The van der Waals surface area contributed by atoms with Crippen LogP contribution in [0.4, 0.5) is 0 Å². The molecule has 2 aromatic heterocycles. The van der Waals surface area contributed by atoms with Crippen molar-refractivity contribution in [1.82, 2.24) is 14.5 Å². The maximum absolute atomic E-state index is 11.4. The fraction of sp³-hybridized carbons (Fsp3) is 0.200. The van der Waals surface area contributed by atoms with Gasteiger partial charge in [-0.15, -0.1) is 0 Å². The molecule has 2 aromatic rings. The van der Waals surface area contributed by atoms with Crippen LogP contribution in [0.5, 0.6) is 5.75 Å². The van der Waals surface area contributed by atoms with Gasteiger partial charge in [0.15, 0.2) is 5.75 Å². The number of nitrogens with zero attached hydrogens (tertiary/aromatic N) is 2. The predicted octanol–water partition coefficient (Wildman–Crippen LogP) is 0.784. The zero-order valence-electron chi connectivity index (χ0n) is 8.52. The van der Waals surface area contributed by atoms with Gasteiger partial charge in [0.1, 0.15) is 5.69 Å². The van der Waals surface area contributed by atoms with Gasteiger partial charge in [0.05, 0.1) is 19.1 Å². The summed E-state index contributed by atoms with van der Waals surface area (Å²) in [5, 5.41) is 0. The second-order valence-corrected chi connectivity index (χ2v) is 3.19. The fourth-order valence-electron chi connectivity index (χ4n) is 1.32. The number of methoxy groups -OCH3 is 1. The highest BCUT2D eigenvalue weighted by Gasteiger charge is 2.04. The Morgan fingerprint density at radius 2 is 2.27 bits per heavy atom. The van der Waals surface area contributed by atoms with E-state index in [2.05, 4.69) is 9.97 Å². The van der Waals surface area contributed by atoms with Crippen molar-refractivity contribution in [1.29, 1.82) is 0 Å². The molecule has 78 valence electrons. The Kier molecular flexibility index (Phi) is 2.29. The summed E-state index contributed by atoms with van der Waals surface area (Å²) >= 11 is 0. The summed E-state index contributed by atoms with van der Waals surface area (Å²) in [6.07, 6.45) is 3.51. The van der Waals surface area contributed by atoms with E-state index in [1.807, 2.05) is 17.8 Å². The zero-order valence-corrected chi connectivity index (χ0v) is 8.52. The number of hydrogen-bond donors (Lipinski definition) is 1. The minimum Gasteiger partial charge on any atom is -0.491 e. The summed E-state index contributed by atoms with van der Waals surface area (Å²) in [5.74, 6) is 0.301. The maximum atomic E-state index is 11.4. The molecule has 0 saturated heterocycles. The minimum atomic E-state index is -0.249. The van der Waals surface area contributed by atoms with Crippen LogP contribution >= 0.6 is 0 Å². The summed E-state index contributed by atoms with van der Waals surface area (Å²) in [4.78, 5) is 18.3. The van der Waals surface area contributed by atoms with Crippen molar-refractivity contribution >= 4 is 0 Å². The van der Waals surface area contributed by atoms with Crippen LogP contribution in [-0.4, -0.2) is 21.6 Å². The molecule has 0 radical (unpaired) electrons. The highest BCUT2D eigenvalue weighted by atomic mass is 16.5. The lowest BCUT2D eigenvalue weighted by Crippen LogP contribution is -2.09. The number of pyridine rings is 1. The third-order valence-corrected chi connectivity index (χ3v) is 2.07. The first-order valence-corrected chi connectivity index (χ1v) is 4.46. The molecule has 2 rings (SSSR count). The molecule has 2 heterocycles. The van der Waals surface area contributed by atoms with Gasteiger partial charge in [-0.25, -0.2) is 4.98 Å². The molecule has 0 aliphatic rings.